The predicted octanol–water partition coefficient (Wildman–Crippen LogP) is 2.39. The molecule has 0 aromatic carbocycles. The van der Waals surface area contributed by atoms with E-state index in [1.54, 1.807) is 4.68 Å². The lowest BCUT2D eigenvalue weighted by Crippen LogP contribution is -2.06. The molecule has 5 nitrogen and oxygen atoms in total. The van der Waals surface area contributed by atoms with E-state index in [-0.39, 0.29) is 0 Å². The Morgan fingerprint density at radius 2 is 2.00 bits per heavy atom. The van der Waals surface area contributed by atoms with Crippen LogP contribution in [0.1, 0.15) is 30.8 Å². The van der Waals surface area contributed by atoms with Crippen molar-refractivity contribution in [2.45, 2.75) is 33.6 Å². The summed E-state index contributed by atoms with van der Waals surface area (Å²) in [6.45, 7) is 5.89. The zero-order chi connectivity index (χ0) is 12.4. The highest BCUT2D eigenvalue weighted by Gasteiger charge is 2.09. The summed E-state index contributed by atoms with van der Waals surface area (Å²) in [5, 5.41) is 4.32. The maximum absolute atomic E-state index is 4.49. The molecular weight excluding hydrogens is 282 g/mol. The van der Waals surface area contributed by atoms with Crippen LogP contribution in [0.15, 0.2) is 10.7 Å². The van der Waals surface area contributed by atoms with Crippen molar-refractivity contribution >= 4 is 15.9 Å². The van der Waals surface area contributed by atoms with Crippen LogP contribution in [0.3, 0.4) is 0 Å². The molecule has 0 aliphatic rings. The Morgan fingerprint density at radius 3 is 2.59 bits per heavy atom. The molecule has 2 heterocycles. The third kappa shape index (κ3) is 2.69. The molecule has 0 aliphatic carbocycles. The number of rotatable bonds is 3. The maximum Gasteiger partial charge on any atom is 0.160 e. The molecule has 17 heavy (non-hydrogen) atoms. The first kappa shape index (κ1) is 12.2. The SMILES string of the molecule is CCCc1nc(Br)cc(-n2nc(C)nc2C)n1. The van der Waals surface area contributed by atoms with Crippen molar-refractivity contribution in [2.24, 2.45) is 0 Å². The number of hydrogen-bond acceptors (Lipinski definition) is 4. The topological polar surface area (TPSA) is 56.5 Å². The van der Waals surface area contributed by atoms with E-state index in [0.29, 0.717) is 0 Å². The summed E-state index contributed by atoms with van der Waals surface area (Å²) in [6.07, 6.45) is 1.88. The fraction of sp³-hybridized carbons (Fsp3) is 0.455. The summed E-state index contributed by atoms with van der Waals surface area (Å²) >= 11 is 3.40. The molecule has 0 atom stereocenters. The quantitative estimate of drug-likeness (QED) is 0.816. The number of aromatic nitrogens is 5. The highest BCUT2D eigenvalue weighted by Crippen LogP contribution is 2.13. The standard InChI is InChI=1S/C11H14BrN5/c1-4-5-10-14-9(12)6-11(15-10)17-8(3)13-7(2)16-17/h6H,4-5H2,1-3H3. The molecule has 0 aliphatic heterocycles. The van der Waals surface area contributed by atoms with Crippen LogP contribution in [0.5, 0.6) is 0 Å². The van der Waals surface area contributed by atoms with E-state index in [0.717, 1.165) is 40.7 Å². The molecular formula is C11H14BrN5. The minimum Gasteiger partial charge on any atom is -0.226 e. The Bertz CT molecular complexity index is 535. The lowest BCUT2D eigenvalue weighted by Gasteiger charge is -2.05. The highest BCUT2D eigenvalue weighted by molar-refractivity contribution is 9.10. The second kappa shape index (κ2) is 4.91. The number of aryl methyl sites for hydroxylation is 3. The molecule has 2 rings (SSSR count). The Morgan fingerprint density at radius 1 is 1.24 bits per heavy atom. The molecule has 0 amide bonds. The normalized spacial score (nSPS) is 10.8. The van der Waals surface area contributed by atoms with Gasteiger partial charge in [0.15, 0.2) is 5.82 Å². The molecule has 90 valence electrons. The number of hydrogen-bond donors (Lipinski definition) is 0. The van der Waals surface area contributed by atoms with Gasteiger partial charge in [-0.3, -0.25) is 0 Å². The van der Waals surface area contributed by atoms with Gasteiger partial charge in [0.25, 0.3) is 0 Å². The van der Waals surface area contributed by atoms with Gasteiger partial charge in [0, 0.05) is 12.5 Å². The molecule has 2 aromatic heterocycles. The summed E-state index contributed by atoms with van der Waals surface area (Å²) in [6, 6.07) is 1.85. The second-order valence-corrected chi connectivity index (χ2v) is 4.65. The van der Waals surface area contributed by atoms with Gasteiger partial charge in [-0.15, -0.1) is 5.10 Å². The van der Waals surface area contributed by atoms with Crippen LogP contribution in [0.2, 0.25) is 0 Å². The van der Waals surface area contributed by atoms with Crippen molar-refractivity contribution in [1.82, 2.24) is 24.7 Å². The number of nitrogens with zero attached hydrogens (tertiary/aromatic N) is 5. The Balaban J connectivity index is 2.48. The molecule has 0 bridgehead atoms. The van der Waals surface area contributed by atoms with Crippen molar-refractivity contribution < 1.29 is 0 Å². The largest absolute Gasteiger partial charge is 0.226 e. The maximum atomic E-state index is 4.49. The monoisotopic (exact) mass is 295 g/mol. The van der Waals surface area contributed by atoms with Crippen molar-refractivity contribution in [2.75, 3.05) is 0 Å². The minimum atomic E-state index is 0.745. The molecule has 0 fully saturated rings. The van der Waals surface area contributed by atoms with E-state index in [9.17, 15) is 0 Å². The van der Waals surface area contributed by atoms with Crippen LogP contribution in [0.25, 0.3) is 5.82 Å². The van der Waals surface area contributed by atoms with Gasteiger partial charge in [0.05, 0.1) is 0 Å². The minimum absolute atomic E-state index is 0.745. The van der Waals surface area contributed by atoms with Gasteiger partial charge in [-0.05, 0) is 36.2 Å². The van der Waals surface area contributed by atoms with Crippen molar-refractivity contribution in [3.63, 3.8) is 0 Å². The summed E-state index contributed by atoms with van der Waals surface area (Å²) in [5.41, 5.74) is 0. The summed E-state index contributed by atoms with van der Waals surface area (Å²) < 4.78 is 2.51. The Kier molecular flexibility index (Phi) is 3.51. The Labute approximate surface area is 108 Å². The van der Waals surface area contributed by atoms with Gasteiger partial charge < -0.3 is 0 Å². The average Bonchev–Trinajstić information content (AvgIpc) is 2.57. The van der Waals surface area contributed by atoms with E-state index in [4.69, 9.17) is 0 Å². The van der Waals surface area contributed by atoms with Crippen molar-refractivity contribution in [3.05, 3.63) is 28.1 Å². The van der Waals surface area contributed by atoms with Gasteiger partial charge in [-0.1, -0.05) is 6.92 Å². The van der Waals surface area contributed by atoms with Gasteiger partial charge >= 0.3 is 0 Å². The van der Waals surface area contributed by atoms with Gasteiger partial charge in [-0.25, -0.2) is 15.0 Å². The van der Waals surface area contributed by atoms with Crippen LogP contribution in [0, 0.1) is 13.8 Å². The molecule has 0 spiro atoms. The molecule has 0 unspecified atom stereocenters. The zero-order valence-corrected chi connectivity index (χ0v) is 11.7. The van der Waals surface area contributed by atoms with Gasteiger partial charge in [-0.2, -0.15) is 4.68 Å². The molecule has 0 saturated heterocycles. The lowest BCUT2D eigenvalue weighted by atomic mass is 10.3. The second-order valence-electron chi connectivity index (χ2n) is 3.83. The first-order valence-electron chi connectivity index (χ1n) is 5.54. The first-order chi connectivity index (χ1) is 8.10. The summed E-state index contributed by atoms with van der Waals surface area (Å²) in [7, 11) is 0. The van der Waals surface area contributed by atoms with Crippen LogP contribution in [-0.4, -0.2) is 24.7 Å². The summed E-state index contributed by atoms with van der Waals surface area (Å²) in [5.74, 6) is 3.16. The predicted molar refractivity (Wildman–Crippen MR) is 68.1 cm³/mol. The molecule has 2 aromatic rings. The van der Waals surface area contributed by atoms with Crippen molar-refractivity contribution in [3.8, 4) is 5.82 Å². The molecule has 0 saturated carbocycles. The summed E-state index contributed by atoms with van der Waals surface area (Å²) in [4.78, 5) is 13.1. The third-order valence-corrected chi connectivity index (χ3v) is 2.70. The average molecular weight is 296 g/mol. The molecule has 0 N–H and O–H groups in total. The smallest absolute Gasteiger partial charge is 0.160 e. The van der Waals surface area contributed by atoms with Crippen LogP contribution < -0.4 is 0 Å². The van der Waals surface area contributed by atoms with E-state index in [2.05, 4.69) is 42.9 Å². The Hall–Kier alpha value is -1.30. The van der Waals surface area contributed by atoms with Crippen LogP contribution in [-0.2, 0) is 6.42 Å². The van der Waals surface area contributed by atoms with Gasteiger partial charge in [0.2, 0.25) is 0 Å². The highest BCUT2D eigenvalue weighted by atomic mass is 79.9. The third-order valence-electron chi connectivity index (χ3n) is 2.29. The van der Waals surface area contributed by atoms with E-state index < -0.39 is 0 Å². The fourth-order valence-electron chi connectivity index (χ4n) is 1.63. The van der Waals surface area contributed by atoms with Crippen LogP contribution >= 0.6 is 15.9 Å². The van der Waals surface area contributed by atoms with Gasteiger partial charge in [0.1, 0.15) is 22.1 Å². The molecule has 0 radical (unpaired) electrons. The first-order valence-corrected chi connectivity index (χ1v) is 6.33. The van der Waals surface area contributed by atoms with Crippen LogP contribution in [0.4, 0.5) is 0 Å². The lowest BCUT2D eigenvalue weighted by molar-refractivity contribution is 0.760. The van der Waals surface area contributed by atoms with E-state index >= 15 is 0 Å². The van der Waals surface area contributed by atoms with Crippen molar-refractivity contribution in [1.29, 1.82) is 0 Å². The van der Waals surface area contributed by atoms with E-state index in [1.807, 2.05) is 19.9 Å². The number of halogens is 1. The molecule has 6 heteroatoms. The fourth-order valence-corrected chi connectivity index (χ4v) is 2.04. The zero-order valence-electron chi connectivity index (χ0n) is 10.1. The van der Waals surface area contributed by atoms with E-state index in [1.165, 1.54) is 0 Å².